The average molecular weight is 470 g/mol. The third-order valence-corrected chi connectivity index (χ3v) is 6.96. The molecule has 2 atom stereocenters. The molecule has 7 heteroatoms. The highest BCUT2D eigenvalue weighted by atomic mass is 16.5. The van der Waals surface area contributed by atoms with E-state index < -0.39 is 0 Å². The molecule has 0 radical (unpaired) electrons. The lowest BCUT2D eigenvalue weighted by Crippen LogP contribution is -2.52. The topological polar surface area (TPSA) is 65.8 Å². The minimum absolute atomic E-state index is 0.0403. The van der Waals surface area contributed by atoms with Crippen molar-refractivity contribution in [3.8, 4) is 5.75 Å². The normalized spacial score (nSPS) is 22.4. The number of hydrogen-bond acceptors (Lipinski definition) is 5. The van der Waals surface area contributed by atoms with Crippen molar-refractivity contribution in [3.63, 3.8) is 0 Å². The Kier molecular flexibility index (Phi) is 7.63. The SMILES string of the molecule is CCCO[C@@H]1C[C@H](c2ccnn2C)OC2(CCN(C(=O)c3ccc(OC(C)C)c(C)c3)CC2)C1. The number of aromatic nitrogens is 2. The lowest BCUT2D eigenvalue weighted by Gasteiger charge is -2.48. The number of aryl methyl sites for hydroxylation is 2. The maximum absolute atomic E-state index is 13.3. The van der Waals surface area contributed by atoms with Crippen LogP contribution in [0.4, 0.5) is 0 Å². The van der Waals surface area contributed by atoms with Crippen molar-refractivity contribution in [2.24, 2.45) is 7.05 Å². The van der Waals surface area contributed by atoms with Gasteiger partial charge in [-0.1, -0.05) is 6.92 Å². The maximum Gasteiger partial charge on any atom is 0.253 e. The standard InChI is InChI=1S/C27H39N3O4/c1-6-15-32-22-17-25(23-9-12-28-29(23)5)34-27(18-22)10-13-30(14-11-27)26(31)21-7-8-24(20(4)16-21)33-19(2)3/h7-9,12,16,19,22,25H,6,10-11,13-15,17-18H2,1-5H3/t22-,25-/m1/s1. The molecule has 0 saturated carbocycles. The summed E-state index contributed by atoms with van der Waals surface area (Å²) in [6, 6.07) is 7.76. The van der Waals surface area contributed by atoms with Gasteiger partial charge in [0.2, 0.25) is 0 Å². The first-order valence-corrected chi connectivity index (χ1v) is 12.6. The second kappa shape index (κ2) is 10.5. The van der Waals surface area contributed by atoms with Gasteiger partial charge >= 0.3 is 0 Å². The van der Waals surface area contributed by atoms with Gasteiger partial charge in [0, 0.05) is 51.3 Å². The zero-order chi connectivity index (χ0) is 24.3. The summed E-state index contributed by atoms with van der Waals surface area (Å²) >= 11 is 0. The molecular formula is C27H39N3O4. The molecule has 0 bridgehead atoms. The Bertz CT molecular complexity index is 978. The summed E-state index contributed by atoms with van der Waals surface area (Å²) in [5, 5.41) is 4.34. The van der Waals surface area contributed by atoms with Crippen LogP contribution in [0.5, 0.6) is 5.75 Å². The molecule has 0 aliphatic carbocycles. The van der Waals surface area contributed by atoms with Gasteiger partial charge in [0.1, 0.15) is 11.9 Å². The number of rotatable bonds is 7. The smallest absolute Gasteiger partial charge is 0.253 e. The number of ether oxygens (including phenoxy) is 3. The van der Waals surface area contributed by atoms with Crippen LogP contribution in [0.1, 0.15) is 80.6 Å². The monoisotopic (exact) mass is 469 g/mol. The summed E-state index contributed by atoms with van der Waals surface area (Å²) in [7, 11) is 1.96. The van der Waals surface area contributed by atoms with E-state index in [0.717, 1.165) is 55.7 Å². The summed E-state index contributed by atoms with van der Waals surface area (Å²) in [4.78, 5) is 15.2. The van der Waals surface area contributed by atoms with E-state index in [1.165, 1.54) is 0 Å². The van der Waals surface area contributed by atoms with Gasteiger partial charge in [0.05, 0.1) is 23.5 Å². The summed E-state index contributed by atoms with van der Waals surface area (Å²) in [5.74, 6) is 0.908. The molecule has 2 aromatic rings. The maximum atomic E-state index is 13.3. The molecule has 2 aliphatic rings. The summed E-state index contributed by atoms with van der Waals surface area (Å²) in [6.07, 6.45) is 6.39. The molecule has 2 saturated heterocycles. The van der Waals surface area contributed by atoms with E-state index in [2.05, 4.69) is 12.0 Å². The lowest BCUT2D eigenvalue weighted by atomic mass is 9.81. The molecular weight excluding hydrogens is 430 g/mol. The fraction of sp³-hybridized carbons (Fsp3) is 0.630. The summed E-state index contributed by atoms with van der Waals surface area (Å²) in [5.41, 5.74) is 2.51. The second-order valence-electron chi connectivity index (χ2n) is 10.0. The van der Waals surface area contributed by atoms with Crippen molar-refractivity contribution in [1.29, 1.82) is 0 Å². The van der Waals surface area contributed by atoms with Crippen molar-refractivity contribution in [1.82, 2.24) is 14.7 Å². The van der Waals surface area contributed by atoms with Crippen LogP contribution in [0.3, 0.4) is 0 Å². The molecule has 4 rings (SSSR count). The molecule has 7 nitrogen and oxygen atoms in total. The molecule has 2 fully saturated rings. The number of amides is 1. The molecule has 3 heterocycles. The van der Waals surface area contributed by atoms with Crippen molar-refractivity contribution >= 4 is 5.91 Å². The van der Waals surface area contributed by atoms with Crippen molar-refractivity contribution < 1.29 is 19.0 Å². The first kappa shape index (κ1) is 24.7. The minimum atomic E-state index is -0.271. The number of piperidine rings is 1. The van der Waals surface area contributed by atoms with E-state index in [9.17, 15) is 4.79 Å². The van der Waals surface area contributed by atoms with Crippen LogP contribution in [0.15, 0.2) is 30.5 Å². The van der Waals surface area contributed by atoms with Gasteiger partial charge < -0.3 is 19.1 Å². The third kappa shape index (κ3) is 5.47. The predicted octanol–water partition coefficient (Wildman–Crippen LogP) is 4.84. The van der Waals surface area contributed by atoms with Gasteiger partial charge in [-0.05, 0) is 69.9 Å². The van der Waals surface area contributed by atoms with Crippen LogP contribution in [-0.4, -0.2) is 58.1 Å². The fourth-order valence-electron chi connectivity index (χ4n) is 5.22. The number of hydrogen-bond donors (Lipinski definition) is 0. The molecule has 1 spiro atoms. The molecule has 0 unspecified atom stereocenters. The van der Waals surface area contributed by atoms with Gasteiger partial charge in [-0.3, -0.25) is 9.48 Å². The Labute approximate surface area is 203 Å². The average Bonchev–Trinajstić information content (AvgIpc) is 3.24. The highest BCUT2D eigenvalue weighted by molar-refractivity contribution is 5.94. The number of benzene rings is 1. The van der Waals surface area contributed by atoms with E-state index in [4.69, 9.17) is 14.2 Å². The molecule has 34 heavy (non-hydrogen) atoms. The second-order valence-corrected chi connectivity index (χ2v) is 10.0. The summed E-state index contributed by atoms with van der Waals surface area (Å²) < 4.78 is 20.7. The minimum Gasteiger partial charge on any atom is -0.491 e. The molecule has 1 aromatic carbocycles. The van der Waals surface area contributed by atoms with Crippen molar-refractivity contribution in [3.05, 3.63) is 47.3 Å². The highest BCUT2D eigenvalue weighted by Crippen LogP contribution is 2.44. The lowest BCUT2D eigenvalue weighted by molar-refractivity contribution is -0.193. The quantitative estimate of drug-likeness (QED) is 0.581. The predicted molar refractivity (Wildman–Crippen MR) is 131 cm³/mol. The molecule has 1 amide bonds. The van der Waals surface area contributed by atoms with Gasteiger partial charge in [0.25, 0.3) is 5.91 Å². The molecule has 2 aliphatic heterocycles. The zero-order valence-corrected chi connectivity index (χ0v) is 21.3. The van der Waals surface area contributed by atoms with Crippen molar-refractivity contribution in [2.45, 2.75) is 83.7 Å². The number of carbonyl (C=O) groups is 1. The van der Waals surface area contributed by atoms with E-state index in [1.54, 1.807) is 0 Å². The van der Waals surface area contributed by atoms with Gasteiger partial charge in [-0.25, -0.2) is 0 Å². The van der Waals surface area contributed by atoms with E-state index in [1.807, 2.05) is 67.9 Å². The van der Waals surface area contributed by atoms with Crippen LogP contribution in [0, 0.1) is 6.92 Å². The van der Waals surface area contributed by atoms with E-state index in [-0.39, 0.29) is 29.8 Å². The third-order valence-electron chi connectivity index (χ3n) is 6.96. The van der Waals surface area contributed by atoms with Gasteiger partial charge in [-0.2, -0.15) is 5.10 Å². The van der Waals surface area contributed by atoms with Crippen molar-refractivity contribution in [2.75, 3.05) is 19.7 Å². The molecule has 186 valence electrons. The van der Waals surface area contributed by atoms with E-state index in [0.29, 0.717) is 18.7 Å². The first-order chi connectivity index (χ1) is 16.3. The Morgan fingerprint density at radius 1 is 1.26 bits per heavy atom. The van der Waals surface area contributed by atoms with Crippen LogP contribution in [-0.2, 0) is 16.5 Å². The fourth-order valence-corrected chi connectivity index (χ4v) is 5.22. The Hall–Kier alpha value is -2.38. The van der Waals surface area contributed by atoms with Crippen LogP contribution >= 0.6 is 0 Å². The Morgan fingerprint density at radius 2 is 2.03 bits per heavy atom. The number of carbonyl (C=O) groups excluding carboxylic acids is 1. The Morgan fingerprint density at radius 3 is 2.65 bits per heavy atom. The zero-order valence-electron chi connectivity index (χ0n) is 21.3. The van der Waals surface area contributed by atoms with Crippen LogP contribution in [0.25, 0.3) is 0 Å². The highest BCUT2D eigenvalue weighted by Gasteiger charge is 2.45. The molecule has 0 N–H and O–H groups in total. The van der Waals surface area contributed by atoms with Crippen LogP contribution in [0.2, 0.25) is 0 Å². The largest absolute Gasteiger partial charge is 0.491 e. The number of likely N-dealkylation sites (tertiary alicyclic amines) is 1. The molecule has 1 aromatic heterocycles. The Balaban J connectivity index is 1.44. The van der Waals surface area contributed by atoms with Crippen LogP contribution < -0.4 is 4.74 Å². The van der Waals surface area contributed by atoms with Gasteiger partial charge in [-0.15, -0.1) is 0 Å². The summed E-state index contributed by atoms with van der Waals surface area (Å²) in [6.45, 7) is 10.3. The van der Waals surface area contributed by atoms with E-state index >= 15 is 0 Å². The van der Waals surface area contributed by atoms with Gasteiger partial charge in [0.15, 0.2) is 0 Å². The first-order valence-electron chi connectivity index (χ1n) is 12.6. The number of nitrogens with zero attached hydrogens (tertiary/aromatic N) is 3.